The summed E-state index contributed by atoms with van der Waals surface area (Å²) in [5, 5.41) is 3.89. The van der Waals surface area contributed by atoms with Gasteiger partial charge in [0.2, 0.25) is 0 Å². The Morgan fingerprint density at radius 1 is 1.41 bits per heavy atom. The minimum absolute atomic E-state index is 0.0169. The summed E-state index contributed by atoms with van der Waals surface area (Å²) in [5.74, 6) is 0.184. The summed E-state index contributed by atoms with van der Waals surface area (Å²) < 4.78 is 39.7. The van der Waals surface area contributed by atoms with Crippen molar-refractivity contribution in [2.75, 3.05) is 18.4 Å². The molecule has 2 heterocycles. The van der Waals surface area contributed by atoms with Crippen LogP contribution in [0.1, 0.15) is 22.5 Å². The van der Waals surface area contributed by atoms with Gasteiger partial charge in [-0.15, -0.1) is 0 Å². The lowest BCUT2D eigenvalue weighted by molar-refractivity contribution is 0.112. The van der Waals surface area contributed by atoms with E-state index in [1.54, 1.807) is 0 Å². The Morgan fingerprint density at radius 3 is 2.71 bits per heavy atom. The first kappa shape index (κ1) is 11.9. The Kier molecular flexibility index (Phi) is 3.35. The number of anilines is 1. The smallest absolute Gasteiger partial charge is 0.163 e. The molecule has 1 aliphatic heterocycles. The Morgan fingerprint density at radius 2 is 2.18 bits per heavy atom. The van der Waals surface area contributed by atoms with Gasteiger partial charge < -0.3 is 4.90 Å². The minimum Gasteiger partial charge on any atom is -0.323 e. The predicted octanol–water partition coefficient (Wildman–Crippen LogP) is 1.64. The van der Waals surface area contributed by atoms with Crippen LogP contribution in [0.5, 0.6) is 0 Å². The fourth-order valence-electron chi connectivity index (χ4n) is 2.11. The number of aldehydes is 1. The highest BCUT2D eigenvalue weighted by atomic mass is 19.1. The molecule has 0 N–H and O–H groups in total. The lowest BCUT2D eigenvalue weighted by atomic mass is 10.1. The van der Waals surface area contributed by atoms with E-state index in [1.807, 2.05) is 0 Å². The molecular formula is C10H12F3N3O. The number of aromatic nitrogens is 2. The lowest BCUT2D eigenvalue weighted by Crippen LogP contribution is -2.42. The number of rotatable bonds is 4. The molecule has 0 bridgehead atoms. The second-order valence-electron chi connectivity index (χ2n) is 3.84. The molecule has 0 radical (unpaired) electrons. The van der Waals surface area contributed by atoms with Gasteiger partial charge >= 0.3 is 0 Å². The molecule has 0 saturated heterocycles. The first-order valence-electron chi connectivity index (χ1n) is 5.26. The molecule has 0 fully saturated rings. The van der Waals surface area contributed by atoms with E-state index >= 15 is 0 Å². The van der Waals surface area contributed by atoms with Gasteiger partial charge in [-0.3, -0.25) is 4.79 Å². The zero-order valence-electron chi connectivity index (χ0n) is 9.07. The van der Waals surface area contributed by atoms with Crippen LogP contribution in [0.25, 0.3) is 0 Å². The topological polar surface area (TPSA) is 38.1 Å². The molecule has 94 valence electrons. The van der Waals surface area contributed by atoms with Crippen LogP contribution < -0.4 is 4.90 Å². The monoisotopic (exact) mass is 247 g/mol. The second-order valence-corrected chi connectivity index (χ2v) is 3.84. The van der Waals surface area contributed by atoms with Crippen LogP contribution in [0.2, 0.25) is 0 Å². The van der Waals surface area contributed by atoms with E-state index in [0.29, 0.717) is 19.3 Å². The normalized spacial score (nSPS) is 19.2. The van der Waals surface area contributed by atoms with Crippen molar-refractivity contribution < 1.29 is 18.0 Å². The van der Waals surface area contributed by atoms with Crippen LogP contribution in [0.4, 0.5) is 19.0 Å². The first-order chi connectivity index (χ1) is 8.26. The highest BCUT2D eigenvalue weighted by Gasteiger charge is 2.31. The van der Waals surface area contributed by atoms with Crippen molar-refractivity contribution in [2.45, 2.75) is 25.7 Å². The lowest BCUT2D eigenvalue weighted by Gasteiger charge is -2.34. The summed E-state index contributed by atoms with van der Waals surface area (Å²) in [6, 6.07) is -0.615. The minimum atomic E-state index is -0.924. The fraction of sp³-hybridized carbons (Fsp3) is 0.600. The van der Waals surface area contributed by atoms with Crippen molar-refractivity contribution >= 4 is 12.1 Å². The zero-order chi connectivity index (χ0) is 12.4. The molecule has 0 saturated carbocycles. The van der Waals surface area contributed by atoms with Crippen LogP contribution in [-0.4, -0.2) is 35.6 Å². The molecule has 7 heteroatoms. The molecule has 4 nitrogen and oxygen atoms in total. The Hall–Kier alpha value is -1.53. The van der Waals surface area contributed by atoms with E-state index in [9.17, 15) is 18.0 Å². The van der Waals surface area contributed by atoms with Crippen molar-refractivity contribution in [1.29, 1.82) is 0 Å². The molecule has 1 atom stereocenters. The number of nitrogens with zero attached hydrogens (tertiary/aromatic N) is 3. The van der Waals surface area contributed by atoms with Gasteiger partial charge in [0.05, 0.1) is 11.6 Å². The highest BCUT2D eigenvalue weighted by molar-refractivity contribution is 5.85. The SMILES string of the molecule is O=Cc1c(CF)nn2c1N(CF)C(CF)CC2. The zero-order valence-corrected chi connectivity index (χ0v) is 9.07. The number of halogens is 3. The molecule has 1 aliphatic rings. The largest absolute Gasteiger partial charge is 0.323 e. The fourth-order valence-corrected chi connectivity index (χ4v) is 2.11. The van der Waals surface area contributed by atoms with Gasteiger partial charge in [0.25, 0.3) is 0 Å². The van der Waals surface area contributed by atoms with Gasteiger partial charge in [-0.1, -0.05) is 0 Å². The highest BCUT2D eigenvalue weighted by Crippen LogP contribution is 2.30. The van der Waals surface area contributed by atoms with Gasteiger partial charge in [-0.2, -0.15) is 5.10 Å². The van der Waals surface area contributed by atoms with Crippen molar-refractivity contribution in [3.8, 4) is 0 Å². The number of alkyl halides is 3. The van der Waals surface area contributed by atoms with E-state index < -0.39 is 26.2 Å². The Bertz CT molecular complexity index is 421. The number of fused-ring (bicyclic) bond motifs is 1. The van der Waals surface area contributed by atoms with E-state index in [1.165, 1.54) is 4.68 Å². The molecule has 2 rings (SSSR count). The summed E-state index contributed by atoms with van der Waals surface area (Å²) in [6.07, 6.45) is 0.830. The van der Waals surface area contributed by atoms with Gasteiger partial charge in [0.1, 0.15) is 24.9 Å². The number of hydrogen-bond acceptors (Lipinski definition) is 3. The summed E-state index contributed by atoms with van der Waals surface area (Å²) in [6.45, 7) is -2.17. The summed E-state index contributed by atoms with van der Waals surface area (Å²) >= 11 is 0. The maximum atomic E-state index is 12.9. The van der Waals surface area contributed by atoms with Gasteiger partial charge in [0, 0.05) is 6.54 Å². The molecule has 17 heavy (non-hydrogen) atoms. The van der Waals surface area contributed by atoms with Gasteiger partial charge in [0.15, 0.2) is 13.1 Å². The van der Waals surface area contributed by atoms with Crippen LogP contribution in [0.15, 0.2) is 0 Å². The number of hydrogen-bond donors (Lipinski definition) is 0. The second kappa shape index (κ2) is 4.77. The maximum Gasteiger partial charge on any atom is 0.163 e. The van der Waals surface area contributed by atoms with Crippen LogP contribution in [-0.2, 0) is 13.2 Å². The molecule has 1 unspecified atom stereocenters. The van der Waals surface area contributed by atoms with Crippen molar-refractivity contribution in [3.63, 3.8) is 0 Å². The Labute approximate surface area is 96.0 Å². The van der Waals surface area contributed by atoms with Crippen molar-refractivity contribution in [3.05, 3.63) is 11.3 Å². The van der Waals surface area contributed by atoms with E-state index in [-0.39, 0.29) is 17.1 Å². The molecule has 1 aromatic rings. The molecular weight excluding hydrogens is 235 g/mol. The molecule has 1 aromatic heterocycles. The summed E-state index contributed by atoms with van der Waals surface area (Å²) in [7, 11) is 0. The van der Waals surface area contributed by atoms with E-state index in [2.05, 4.69) is 5.10 Å². The number of aryl methyl sites for hydroxylation is 1. The quantitative estimate of drug-likeness (QED) is 0.599. The summed E-state index contributed by atoms with van der Waals surface area (Å²) in [5.41, 5.74) is -0.00346. The molecule has 0 aliphatic carbocycles. The number of carbonyl (C=O) groups is 1. The average molecular weight is 247 g/mol. The van der Waals surface area contributed by atoms with Crippen LogP contribution in [0.3, 0.4) is 0 Å². The van der Waals surface area contributed by atoms with Crippen LogP contribution in [0, 0.1) is 0 Å². The van der Waals surface area contributed by atoms with Crippen molar-refractivity contribution in [2.24, 2.45) is 0 Å². The van der Waals surface area contributed by atoms with Crippen molar-refractivity contribution in [1.82, 2.24) is 9.78 Å². The molecule has 0 amide bonds. The third-order valence-corrected chi connectivity index (χ3v) is 2.98. The van der Waals surface area contributed by atoms with E-state index in [4.69, 9.17) is 0 Å². The van der Waals surface area contributed by atoms with Gasteiger partial charge in [-0.05, 0) is 6.42 Å². The van der Waals surface area contributed by atoms with Crippen LogP contribution >= 0.6 is 0 Å². The van der Waals surface area contributed by atoms with E-state index in [0.717, 1.165) is 4.90 Å². The predicted molar refractivity (Wildman–Crippen MR) is 55.3 cm³/mol. The third kappa shape index (κ3) is 1.79. The first-order valence-corrected chi connectivity index (χ1v) is 5.26. The molecule has 0 aromatic carbocycles. The molecule has 0 spiro atoms. The maximum absolute atomic E-state index is 12.9. The average Bonchev–Trinajstić information content (AvgIpc) is 2.74. The standard InChI is InChI=1S/C10H12F3N3O/c11-3-7-1-2-16-10(15(7)6-13)8(5-17)9(4-12)14-16/h5,7H,1-4,6H2. The third-order valence-electron chi connectivity index (χ3n) is 2.98. The number of carbonyl (C=O) groups excluding carboxylic acids is 1. The summed E-state index contributed by atoms with van der Waals surface area (Å²) in [4.78, 5) is 12.0. The van der Waals surface area contributed by atoms with Gasteiger partial charge in [-0.25, -0.2) is 17.9 Å². The Balaban J connectivity index is 2.50.